The molecule has 1 amide bonds. The van der Waals surface area contributed by atoms with Crippen LogP contribution in [0.3, 0.4) is 0 Å². The number of fused-ring (bicyclic) bond motifs is 1. The molecule has 0 spiro atoms. The molecule has 2 saturated heterocycles. The first-order chi connectivity index (χ1) is 10.2. The summed E-state index contributed by atoms with van der Waals surface area (Å²) in [6, 6.07) is 2.56. The largest absolute Gasteiger partial charge is 0.472 e. The number of furan rings is 1. The van der Waals surface area contributed by atoms with E-state index < -0.39 is 0 Å². The van der Waals surface area contributed by atoms with Crippen molar-refractivity contribution in [3.05, 3.63) is 36.5 Å². The first-order valence-electron chi connectivity index (χ1n) is 7.28. The van der Waals surface area contributed by atoms with Crippen molar-refractivity contribution in [3.8, 4) is 0 Å². The molecule has 21 heavy (non-hydrogen) atoms. The summed E-state index contributed by atoms with van der Waals surface area (Å²) in [6.45, 7) is 1.87. The van der Waals surface area contributed by atoms with E-state index in [0.717, 1.165) is 25.2 Å². The number of carbonyl (C=O) groups is 1. The Morgan fingerprint density at radius 3 is 3.05 bits per heavy atom. The van der Waals surface area contributed by atoms with E-state index in [1.165, 1.54) is 5.56 Å². The summed E-state index contributed by atoms with van der Waals surface area (Å²) in [5.74, 6) is 0.204. The lowest BCUT2D eigenvalue weighted by Gasteiger charge is -2.24. The molecule has 0 bridgehead atoms. The van der Waals surface area contributed by atoms with Crippen LogP contribution in [0.25, 0.3) is 0 Å². The zero-order chi connectivity index (χ0) is 14.4. The third-order valence-electron chi connectivity index (χ3n) is 4.54. The van der Waals surface area contributed by atoms with Gasteiger partial charge in [0, 0.05) is 44.4 Å². The normalized spacial score (nSPS) is 25.8. The smallest absolute Gasteiger partial charge is 0.229 e. The third kappa shape index (κ3) is 2.06. The van der Waals surface area contributed by atoms with Crippen LogP contribution in [0.2, 0.25) is 0 Å². The highest BCUT2D eigenvalue weighted by atomic mass is 16.3. The Labute approximate surface area is 122 Å². The Bertz CT molecular complexity index is 648. The van der Waals surface area contributed by atoms with Crippen molar-refractivity contribution in [2.24, 2.45) is 7.05 Å². The van der Waals surface area contributed by atoms with Crippen LogP contribution in [0.1, 0.15) is 18.4 Å². The van der Waals surface area contributed by atoms with Crippen LogP contribution < -0.4 is 4.90 Å². The maximum atomic E-state index is 12.4. The molecule has 0 radical (unpaired) electrons. The number of anilines is 1. The van der Waals surface area contributed by atoms with Crippen LogP contribution in [0.15, 0.2) is 35.4 Å². The van der Waals surface area contributed by atoms with Crippen molar-refractivity contribution in [2.45, 2.75) is 31.5 Å². The van der Waals surface area contributed by atoms with Gasteiger partial charge in [-0.25, -0.2) is 0 Å². The molecular formula is C15H18N4O2. The van der Waals surface area contributed by atoms with Crippen LogP contribution in [-0.2, 0) is 18.4 Å². The van der Waals surface area contributed by atoms with Crippen molar-refractivity contribution in [3.63, 3.8) is 0 Å². The van der Waals surface area contributed by atoms with Gasteiger partial charge in [-0.05, 0) is 12.5 Å². The van der Waals surface area contributed by atoms with Gasteiger partial charge in [-0.15, -0.1) is 0 Å². The minimum Gasteiger partial charge on any atom is -0.472 e. The van der Waals surface area contributed by atoms with E-state index >= 15 is 0 Å². The standard InChI is InChI=1S/C15H18N4O2/c1-17-9-12(7-16-17)19-13-2-4-18(14(13)6-15(19)20)8-11-3-5-21-10-11/h3,5,7,9-10,13-14H,2,4,6,8H2,1H3. The van der Waals surface area contributed by atoms with Crippen molar-refractivity contribution < 1.29 is 9.21 Å². The fourth-order valence-electron chi connectivity index (χ4n) is 3.61. The average Bonchev–Trinajstić information content (AvgIpc) is 3.18. The molecule has 4 heterocycles. The number of aryl methyl sites for hydroxylation is 1. The van der Waals surface area contributed by atoms with E-state index in [4.69, 9.17) is 4.42 Å². The minimum absolute atomic E-state index is 0.204. The van der Waals surface area contributed by atoms with Gasteiger partial charge in [0.1, 0.15) is 0 Å². The summed E-state index contributed by atoms with van der Waals surface area (Å²) in [5, 5.41) is 4.19. The third-order valence-corrected chi connectivity index (χ3v) is 4.54. The molecule has 4 rings (SSSR count). The highest BCUT2D eigenvalue weighted by Crippen LogP contribution is 2.36. The Morgan fingerprint density at radius 2 is 2.33 bits per heavy atom. The average molecular weight is 286 g/mol. The molecule has 6 heteroatoms. The van der Waals surface area contributed by atoms with E-state index in [2.05, 4.69) is 10.00 Å². The second-order valence-corrected chi connectivity index (χ2v) is 5.87. The van der Waals surface area contributed by atoms with E-state index in [1.807, 2.05) is 24.2 Å². The quantitative estimate of drug-likeness (QED) is 0.855. The first-order valence-corrected chi connectivity index (χ1v) is 7.28. The fraction of sp³-hybridized carbons (Fsp3) is 0.467. The van der Waals surface area contributed by atoms with Crippen LogP contribution >= 0.6 is 0 Å². The predicted molar refractivity (Wildman–Crippen MR) is 76.6 cm³/mol. The first kappa shape index (κ1) is 12.6. The summed E-state index contributed by atoms with van der Waals surface area (Å²) in [7, 11) is 1.88. The summed E-state index contributed by atoms with van der Waals surface area (Å²) in [4.78, 5) is 16.7. The molecule has 0 N–H and O–H groups in total. The van der Waals surface area contributed by atoms with E-state index in [0.29, 0.717) is 12.5 Å². The SMILES string of the molecule is Cn1cc(N2C(=O)CC3C2CCN3Cc2ccoc2)cn1. The molecule has 2 unspecified atom stereocenters. The zero-order valence-corrected chi connectivity index (χ0v) is 12.0. The van der Waals surface area contributed by atoms with Crippen molar-refractivity contribution in [2.75, 3.05) is 11.4 Å². The topological polar surface area (TPSA) is 54.5 Å². The van der Waals surface area contributed by atoms with Crippen molar-refractivity contribution in [1.82, 2.24) is 14.7 Å². The number of hydrogen-bond acceptors (Lipinski definition) is 4. The van der Waals surface area contributed by atoms with Crippen LogP contribution in [0, 0.1) is 0 Å². The Hall–Kier alpha value is -2.08. The van der Waals surface area contributed by atoms with Gasteiger partial charge < -0.3 is 9.32 Å². The molecule has 2 aromatic rings. The monoisotopic (exact) mass is 286 g/mol. The number of hydrogen-bond donors (Lipinski definition) is 0. The van der Waals surface area contributed by atoms with Crippen LogP contribution in [-0.4, -0.2) is 39.2 Å². The van der Waals surface area contributed by atoms with Gasteiger partial charge in [-0.2, -0.15) is 5.10 Å². The minimum atomic E-state index is 0.204. The van der Waals surface area contributed by atoms with E-state index in [-0.39, 0.29) is 11.9 Å². The molecule has 2 aromatic heterocycles. The van der Waals surface area contributed by atoms with Gasteiger partial charge in [0.15, 0.2) is 0 Å². The van der Waals surface area contributed by atoms with E-state index in [9.17, 15) is 4.79 Å². The van der Waals surface area contributed by atoms with Gasteiger partial charge in [0.25, 0.3) is 0 Å². The molecule has 0 saturated carbocycles. The summed E-state index contributed by atoms with van der Waals surface area (Å²) < 4.78 is 6.88. The molecular weight excluding hydrogens is 268 g/mol. The highest BCUT2D eigenvalue weighted by molar-refractivity contribution is 5.97. The maximum absolute atomic E-state index is 12.4. The molecule has 0 aromatic carbocycles. The number of rotatable bonds is 3. The second-order valence-electron chi connectivity index (χ2n) is 5.87. The molecule has 2 atom stereocenters. The van der Waals surface area contributed by atoms with Gasteiger partial charge in [0.2, 0.25) is 5.91 Å². The lowest BCUT2D eigenvalue weighted by molar-refractivity contribution is -0.117. The van der Waals surface area contributed by atoms with Crippen LogP contribution in [0.5, 0.6) is 0 Å². The summed E-state index contributed by atoms with van der Waals surface area (Å²) in [5.41, 5.74) is 2.09. The predicted octanol–water partition coefficient (Wildman–Crippen LogP) is 1.39. The molecule has 2 aliphatic rings. The van der Waals surface area contributed by atoms with Gasteiger partial charge in [-0.1, -0.05) is 0 Å². The van der Waals surface area contributed by atoms with Crippen molar-refractivity contribution in [1.29, 1.82) is 0 Å². The van der Waals surface area contributed by atoms with E-state index in [1.54, 1.807) is 23.4 Å². The number of likely N-dealkylation sites (tertiary alicyclic amines) is 1. The molecule has 0 aliphatic carbocycles. The number of nitrogens with zero attached hydrogens (tertiary/aromatic N) is 4. The van der Waals surface area contributed by atoms with Crippen molar-refractivity contribution >= 4 is 11.6 Å². The molecule has 2 aliphatic heterocycles. The molecule has 2 fully saturated rings. The van der Waals surface area contributed by atoms with Gasteiger partial charge in [0.05, 0.1) is 30.5 Å². The Morgan fingerprint density at radius 1 is 1.43 bits per heavy atom. The fourth-order valence-corrected chi connectivity index (χ4v) is 3.61. The summed E-state index contributed by atoms with van der Waals surface area (Å²) >= 11 is 0. The summed E-state index contributed by atoms with van der Waals surface area (Å²) in [6.07, 6.45) is 8.78. The lowest BCUT2D eigenvalue weighted by atomic mass is 10.1. The zero-order valence-electron chi connectivity index (χ0n) is 12.0. The molecule has 110 valence electrons. The number of aromatic nitrogens is 2. The second kappa shape index (κ2) is 4.73. The lowest BCUT2D eigenvalue weighted by Crippen LogP contribution is -2.37. The van der Waals surface area contributed by atoms with Gasteiger partial charge in [-0.3, -0.25) is 14.4 Å². The maximum Gasteiger partial charge on any atom is 0.229 e. The Kier molecular flexibility index (Phi) is 2.85. The van der Waals surface area contributed by atoms with Crippen LogP contribution in [0.4, 0.5) is 5.69 Å². The Balaban J connectivity index is 1.55. The highest BCUT2D eigenvalue weighted by Gasteiger charge is 2.47. The molecule has 6 nitrogen and oxygen atoms in total. The van der Waals surface area contributed by atoms with Gasteiger partial charge >= 0.3 is 0 Å². The number of carbonyl (C=O) groups excluding carboxylic acids is 1. The number of amides is 1.